The molecule has 30 heavy (non-hydrogen) atoms. The molecule has 0 radical (unpaired) electrons. The Balaban J connectivity index is 1.49. The fourth-order valence-corrected chi connectivity index (χ4v) is 4.05. The lowest BCUT2D eigenvalue weighted by atomic mass is 10.1. The number of halogens is 3. The van der Waals surface area contributed by atoms with E-state index >= 15 is 0 Å². The smallest absolute Gasteiger partial charge is 0.291 e. The van der Waals surface area contributed by atoms with Gasteiger partial charge in [0.25, 0.3) is 11.3 Å². The first kappa shape index (κ1) is 22.7. The average Bonchev–Trinajstić information content (AvgIpc) is 2.69. The minimum atomic E-state index is -2.65. The van der Waals surface area contributed by atoms with Crippen molar-refractivity contribution in [3.63, 3.8) is 0 Å². The number of nitrogens with one attached hydrogen (secondary N) is 1. The van der Waals surface area contributed by atoms with Crippen molar-refractivity contribution in [2.45, 2.75) is 37.2 Å². The number of aromatic amines is 1. The van der Waals surface area contributed by atoms with E-state index in [9.17, 15) is 18.4 Å². The van der Waals surface area contributed by atoms with Crippen LogP contribution in [-0.4, -0.2) is 57.6 Å². The number of aryl methyl sites for hydroxylation is 1. The van der Waals surface area contributed by atoms with Gasteiger partial charge < -0.3 is 9.88 Å². The van der Waals surface area contributed by atoms with Gasteiger partial charge in [0.05, 0.1) is 0 Å². The molecule has 1 saturated heterocycles. The molecule has 0 unspecified atom stereocenters. The quantitative estimate of drug-likeness (QED) is 0.511. The molecule has 0 saturated carbocycles. The summed E-state index contributed by atoms with van der Waals surface area (Å²) < 4.78 is 24.9. The van der Waals surface area contributed by atoms with Gasteiger partial charge in [0.2, 0.25) is 5.91 Å². The molecule has 6 nitrogen and oxygen atoms in total. The molecule has 1 amide bonds. The van der Waals surface area contributed by atoms with E-state index in [2.05, 4.69) is 14.9 Å². The normalized spacial score (nSPS) is 15.0. The lowest BCUT2D eigenvalue weighted by Gasteiger charge is -2.34. The molecule has 3 rings (SSSR count). The summed E-state index contributed by atoms with van der Waals surface area (Å²) in [5, 5.41) is 0.597. The van der Waals surface area contributed by atoms with Gasteiger partial charge in [0.1, 0.15) is 0 Å². The summed E-state index contributed by atoms with van der Waals surface area (Å²) in [6, 6.07) is 7.74. The third-order valence-corrected chi connectivity index (χ3v) is 5.88. The number of carbonyl (C=O) groups excluding carboxylic acids is 1. The minimum Gasteiger partial charge on any atom is -0.340 e. The molecule has 0 atom stereocenters. The van der Waals surface area contributed by atoms with Crippen molar-refractivity contribution in [3.05, 3.63) is 56.5 Å². The maximum absolute atomic E-state index is 12.6. The van der Waals surface area contributed by atoms with Crippen molar-refractivity contribution in [1.82, 2.24) is 19.8 Å². The van der Waals surface area contributed by atoms with Crippen LogP contribution in [0.25, 0.3) is 0 Å². The number of hydrogen-bond donors (Lipinski definition) is 1. The summed E-state index contributed by atoms with van der Waals surface area (Å²) in [6.45, 7) is 5.21. The molecule has 0 aliphatic carbocycles. The highest BCUT2D eigenvalue weighted by atomic mass is 35.5. The second kappa shape index (κ2) is 10.4. The molecule has 10 heteroatoms. The van der Waals surface area contributed by atoms with Gasteiger partial charge in [-0.3, -0.25) is 14.5 Å². The Kier molecular flexibility index (Phi) is 7.85. The molecular weight excluding hydrogens is 434 g/mol. The van der Waals surface area contributed by atoms with Crippen molar-refractivity contribution < 1.29 is 13.6 Å². The van der Waals surface area contributed by atoms with Gasteiger partial charge in [0, 0.05) is 55.4 Å². The number of rotatable bonds is 7. The molecule has 1 aromatic carbocycles. The highest BCUT2D eigenvalue weighted by Crippen LogP contribution is 2.21. The Bertz CT molecular complexity index is 931. The van der Waals surface area contributed by atoms with Gasteiger partial charge >= 0.3 is 0 Å². The third kappa shape index (κ3) is 6.26. The number of benzene rings is 1. The van der Waals surface area contributed by atoms with Crippen molar-refractivity contribution >= 4 is 29.3 Å². The van der Waals surface area contributed by atoms with Gasteiger partial charge in [0.15, 0.2) is 5.16 Å². The molecule has 162 valence electrons. The largest absolute Gasteiger partial charge is 0.340 e. The number of carbonyl (C=O) groups is 1. The zero-order valence-electron chi connectivity index (χ0n) is 16.5. The number of nitrogens with zero attached hydrogens (tertiary/aromatic N) is 3. The highest BCUT2D eigenvalue weighted by Gasteiger charge is 2.22. The number of hydrogen-bond acceptors (Lipinski definition) is 5. The van der Waals surface area contributed by atoms with Crippen molar-refractivity contribution in [2.24, 2.45) is 0 Å². The fraction of sp³-hybridized carbons (Fsp3) is 0.450. The van der Waals surface area contributed by atoms with Gasteiger partial charge in [-0.25, -0.2) is 4.98 Å². The van der Waals surface area contributed by atoms with Crippen LogP contribution in [0, 0.1) is 6.92 Å². The number of H-pyrrole nitrogens is 1. The van der Waals surface area contributed by atoms with Crippen LogP contribution in [-0.2, 0) is 17.8 Å². The molecule has 1 aliphatic rings. The summed E-state index contributed by atoms with van der Waals surface area (Å²) in [5.41, 5.74) is 1.45. The van der Waals surface area contributed by atoms with Gasteiger partial charge in [-0.15, -0.1) is 0 Å². The Morgan fingerprint density at radius 2 is 1.90 bits per heavy atom. The lowest BCUT2D eigenvalue weighted by molar-refractivity contribution is -0.133. The molecule has 1 fully saturated rings. The Morgan fingerprint density at radius 3 is 2.50 bits per heavy atom. The molecule has 2 aromatic rings. The maximum atomic E-state index is 12.6. The monoisotopic (exact) mass is 456 g/mol. The van der Waals surface area contributed by atoms with E-state index in [0.29, 0.717) is 29.4 Å². The first-order valence-electron chi connectivity index (χ1n) is 9.61. The Hall–Kier alpha value is -1.97. The standard InChI is InChI=1S/C20H23ClF2N4O2S/c1-13-16(18(29)25-20(24-13)30-19(22)23)6-7-17(28)27-10-8-26(9-11-27)12-14-2-4-15(21)5-3-14/h2-5,19H,6-12H2,1H3,(H,24,25,29). The van der Waals surface area contributed by atoms with Crippen LogP contribution in [0.1, 0.15) is 23.2 Å². The molecule has 0 bridgehead atoms. The molecule has 1 aliphatic heterocycles. The molecular formula is C20H23ClF2N4O2S. The van der Waals surface area contributed by atoms with E-state index in [-0.39, 0.29) is 35.7 Å². The van der Waals surface area contributed by atoms with Gasteiger partial charge in [-0.2, -0.15) is 8.78 Å². The summed E-state index contributed by atoms with van der Waals surface area (Å²) in [4.78, 5) is 35.2. The summed E-state index contributed by atoms with van der Waals surface area (Å²) >= 11 is 6.11. The van der Waals surface area contributed by atoms with Crippen LogP contribution in [0.5, 0.6) is 0 Å². The van der Waals surface area contributed by atoms with Crippen LogP contribution in [0.4, 0.5) is 8.78 Å². The van der Waals surface area contributed by atoms with Gasteiger partial charge in [-0.1, -0.05) is 23.7 Å². The van der Waals surface area contributed by atoms with E-state index in [1.807, 2.05) is 24.3 Å². The number of thioether (sulfide) groups is 1. The van der Waals surface area contributed by atoms with E-state index < -0.39 is 11.3 Å². The third-order valence-electron chi connectivity index (χ3n) is 5.03. The zero-order valence-corrected chi connectivity index (χ0v) is 18.1. The zero-order chi connectivity index (χ0) is 21.7. The van der Waals surface area contributed by atoms with E-state index in [1.165, 1.54) is 5.56 Å². The highest BCUT2D eigenvalue weighted by molar-refractivity contribution is 7.99. The van der Waals surface area contributed by atoms with Gasteiger partial charge in [-0.05, 0) is 42.8 Å². The van der Waals surface area contributed by atoms with Crippen molar-refractivity contribution in [2.75, 3.05) is 26.2 Å². The molecule has 1 aromatic heterocycles. The Morgan fingerprint density at radius 1 is 1.23 bits per heavy atom. The second-order valence-corrected chi connectivity index (χ2v) is 8.51. The summed E-state index contributed by atoms with van der Waals surface area (Å²) in [6.07, 6.45) is 0.418. The summed E-state index contributed by atoms with van der Waals surface area (Å²) in [5.74, 6) is -2.68. The molecule has 1 N–H and O–H groups in total. The molecule has 0 spiro atoms. The number of aromatic nitrogens is 2. The van der Waals surface area contributed by atoms with Crippen molar-refractivity contribution in [1.29, 1.82) is 0 Å². The van der Waals surface area contributed by atoms with E-state index in [1.54, 1.807) is 11.8 Å². The predicted octanol–water partition coefficient (Wildman–Crippen LogP) is 3.32. The predicted molar refractivity (Wildman–Crippen MR) is 113 cm³/mol. The van der Waals surface area contributed by atoms with Crippen LogP contribution in [0.15, 0.2) is 34.2 Å². The number of alkyl halides is 2. The van der Waals surface area contributed by atoms with Crippen LogP contribution >= 0.6 is 23.4 Å². The second-order valence-electron chi connectivity index (χ2n) is 7.10. The lowest BCUT2D eigenvalue weighted by Crippen LogP contribution is -2.48. The number of amides is 1. The Labute approximate surface area is 182 Å². The minimum absolute atomic E-state index is 0.0222. The van der Waals surface area contributed by atoms with Crippen LogP contribution < -0.4 is 5.56 Å². The number of piperazine rings is 1. The van der Waals surface area contributed by atoms with E-state index in [4.69, 9.17) is 11.6 Å². The SMILES string of the molecule is Cc1nc(SC(F)F)[nH]c(=O)c1CCC(=O)N1CCN(Cc2ccc(Cl)cc2)CC1. The van der Waals surface area contributed by atoms with Crippen LogP contribution in [0.3, 0.4) is 0 Å². The van der Waals surface area contributed by atoms with E-state index in [0.717, 1.165) is 19.6 Å². The topological polar surface area (TPSA) is 69.3 Å². The fourth-order valence-electron chi connectivity index (χ4n) is 3.41. The van der Waals surface area contributed by atoms with Crippen molar-refractivity contribution in [3.8, 4) is 0 Å². The van der Waals surface area contributed by atoms with Crippen LogP contribution in [0.2, 0.25) is 5.02 Å². The maximum Gasteiger partial charge on any atom is 0.291 e. The summed E-state index contributed by atoms with van der Waals surface area (Å²) in [7, 11) is 0. The average molecular weight is 457 g/mol. The first-order valence-corrected chi connectivity index (χ1v) is 10.9. The first-order chi connectivity index (χ1) is 14.3. The molecule has 2 heterocycles.